The van der Waals surface area contributed by atoms with E-state index in [2.05, 4.69) is 35.5 Å². The van der Waals surface area contributed by atoms with Crippen molar-refractivity contribution >= 4 is 40.5 Å². The number of nitrogens with one attached hydrogen (secondary N) is 2. The molecule has 0 spiro atoms. The lowest BCUT2D eigenvalue weighted by atomic mass is 9.86. The fourth-order valence-electron chi connectivity index (χ4n) is 2.56. The normalized spacial score (nSPS) is 17.1. The molecule has 22 heavy (non-hydrogen) atoms. The van der Waals surface area contributed by atoms with E-state index in [4.69, 9.17) is 0 Å². The molecule has 4 nitrogen and oxygen atoms in total. The molecule has 0 unspecified atom stereocenters. The molecular formula is C16H18ClN3OS. The van der Waals surface area contributed by atoms with E-state index < -0.39 is 0 Å². The van der Waals surface area contributed by atoms with Crippen LogP contribution in [0.15, 0.2) is 41.9 Å². The number of carbonyl (C=O) groups is 1. The maximum absolute atomic E-state index is 12.1. The van der Waals surface area contributed by atoms with E-state index in [1.165, 1.54) is 16.9 Å². The average Bonchev–Trinajstić information content (AvgIpc) is 2.90. The number of carbonyl (C=O) groups excluding carboxylic acids is 1. The zero-order valence-corrected chi connectivity index (χ0v) is 14.1. The van der Waals surface area contributed by atoms with Gasteiger partial charge in [-0.05, 0) is 25.8 Å². The molecule has 0 radical (unpaired) electrons. The van der Waals surface area contributed by atoms with Crippen LogP contribution < -0.4 is 10.6 Å². The number of anilines is 1. The van der Waals surface area contributed by atoms with Crippen LogP contribution in [0.4, 0.5) is 5.13 Å². The number of fused-ring (bicyclic) bond motifs is 1. The highest BCUT2D eigenvalue weighted by Gasteiger charge is 2.27. The Bertz CT molecular complexity index is 695. The van der Waals surface area contributed by atoms with E-state index in [-0.39, 0.29) is 23.9 Å². The number of hydrogen-bond donors (Lipinski definition) is 2. The van der Waals surface area contributed by atoms with E-state index in [0.29, 0.717) is 5.13 Å². The van der Waals surface area contributed by atoms with Crippen molar-refractivity contribution in [2.75, 3.05) is 5.32 Å². The van der Waals surface area contributed by atoms with Gasteiger partial charge in [0.2, 0.25) is 0 Å². The van der Waals surface area contributed by atoms with Gasteiger partial charge < -0.3 is 5.32 Å². The fraction of sp³-hybridized carbons (Fsp3) is 0.250. The molecule has 1 aliphatic rings. The molecule has 6 heteroatoms. The Morgan fingerprint density at radius 3 is 2.91 bits per heavy atom. The van der Waals surface area contributed by atoms with E-state index >= 15 is 0 Å². The topological polar surface area (TPSA) is 54.0 Å². The second-order valence-electron chi connectivity index (χ2n) is 5.73. The molecule has 0 aliphatic carbocycles. The van der Waals surface area contributed by atoms with Gasteiger partial charge in [0.25, 0.3) is 5.91 Å². The summed E-state index contributed by atoms with van der Waals surface area (Å²) in [6.07, 6.45) is 4.22. The van der Waals surface area contributed by atoms with Gasteiger partial charge in [-0.1, -0.05) is 24.3 Å². The number of rotatable bonds is 2. The summed E-state index contributed by atoms with van der Waals surface area (Å²) in [6, 6.07) is 8.18. The van der Waals surface area contributed by atoms with Crippen LogP contribution in [0.5, 0.6) is 0 Å². The summed E-state index contributed by atoms with van der Waals surface area (Å²) in [4.78, 5) is 16.2. The molecule has 2 N–H and O–H groups in total. The van der Waals surface area contributed by atoms with Crippen LogP contribution in [0.2, 0.25) is 0 Å². The SMILES string of the molecule is CC1(C)Cc2ccccc2/C(=C/C(=O)Nc2nccs2)N1.Cl. The summed E-state index contributed by atoms with van der Waals surface area (Å²) in [6.45, 7) is 4.27. The second kappa shape index (κ2) is 6.50. The molecule has 0 fully saturated rings. The molecule has 1 amide bonds. The highest BCUT2D eigenvalue weighted by atomic mass is 35.5. The predicted molar refractivity (Wildman–Crippen MR) is 93.3 cm³/mol. The van der Waals surface area contributed by atoms with Crippen LogP contribution >= 0.6 is 23.7 Å². The van der Waals surface area contributed by atoms with Gasteiger partial charge in [0.15, 0.2) is 5.13 Å². The molecule has 1 aromatic heterocycles. The van der Waals surface area contributed by atoms with E-state index in [1.54, 1.807) is 12.3 Å². The van der Waals surface area contributed by atoms with E-state index in [1.807, 2.05) is 23.6 Å². The maximum atomic E-state index is 12.1. The molecule has 3 rings (SSSR count). The summed E-state index contributed by atoms with van der Waals surface area (Å²) in [7, 11) is 0. The Labute approximate surface area is 140 Å². The molecule has 2 aromatic rings. The van der Waals surface area contributed by atoms with Gasteiger partial charge in [0.05, 0.1) is 0 Å². The largest absolute Gasteiger partial charge is 0.379 e. The minimum Gasteiger partial charge on any atom is -0.379 e. The van der Waals surface area contributed by atoms with Gasteiger partial charge in [-0.25, -0.2) is 4.98 Å². The third kappa shape index (κ3) is 3.67. The van der Waals surface area contributed by atoms with Crippen molar-refractivity contribution < 1.29 is 4.79 Å². The monoisotopic (exact) mass is 335 g/mol. The van der Waals surface area contributed by atoms with Crippen molar-refractivity contribution in [2.24, 2.45) is 0 Å². The predicted octanol–water partition coefficient (Wildman–Crippen LogP) is 3.47. The molecule has 0 bridgehead atoms. The number of hydrogen-bond acceptors (Lipinski definition) is 4. The standard InChI is InChI=1S/C16H17N3OS.ClH/c1-16(2)10-11-5-3-4-6-12(11)13(19-16)9-14(20)18-15-17-7-8-21-15;/h3-9,19H,10H2,1-2H3,(H,17,18,20);1H/b13-9-;. The molecule has 2 heterocycles. The van der Waals surface area contributed by atoms with Crippen LogP contribution in [-0.2, 0) is 11.2 Å². The van der Waals surface area contributed by atoms with Crippen LogP contribution in [0.1, 0.15) is 25.0 Å². The van der Waals surface area contributed by atoms with Crippen LogP contribution in [0.25, 0.3) is 5.70 Å². The van der Waals surface area contributed by atoms with E-state index in [0.717, 1.165) is 17.7 Å². The van der Waals surface area contributed by atoms with Gasteiger partial charge in [-0.3, -0.25) is 10.1 Å². The first-order valence-corrected chi connectivity index (χ1v) is 7.70. The van der Waals surface area contributed by atoms with Crippen molar-refractivity contribution in [2.45, 2.75) is 25.8 Å². The smallest absolute Gasteiger partial charge is 0.252 e. The van der Waals surface area contributed by atoms with Gasteiger partial charge in [-0.2, -0.15) is 0 Å². The molecule has 0 saturated carbocycles. The molecule has 116 valence electrons. The van der Waals surface area contributed by atoms with Crippen LogP contribution in [0, 0.1) is 0 Å². The number of halogens is 1. The minimum atomic E-state index is -0.167. The van der Waals surface area contributed by atoms with Gasteiger partial charge in [-0.15, -0.1) is 23.7 Å². The summed E-state index contributed by atoms with van der Waals surface area (Å²) >= 11 is 1.41. The highest BCUT2D eigenvalue weighted by Crippen LogP contribution is 2.29. The summed E-state index contributed by atoms with van der Waals surface area (Å²) < 4.78 is 0. The number of thiazole rings is 1. The number of benzene rings is 1. The molecule has 0 saturated heterocycles. The van der Waals surface area contributed by atoms with Gasteiger partial charge >= 0.3 is 0 Å². The quantitative estimate of drug-likeness (QED) is 0.826. The summed E-state index contributed by atoms with van der Waals surface area (Å²) in [5.41, 5.74) is 3.14. The Morgan fingerprint density at radius 2 is 2.18 bits per heavy atom. The number of amides is 1. The summed E-state index contributed by atoms with van der Waals surface area (Å²) in [5, 5.41) is 8.67. The molecule has 1 aromatic carbocycles. The molecule has 1 aliphatic heterocycles. The molecule has 0 atom stereocenters. The lowest BCUT2D eigenvalue weighted by Gasteiger charge is -2.35. The summed E-state index contributed by atoms with van der Waals surface area (Å²) in [5.74, 6) is -0.167. The van der Waals surface area contributed by atoms with Crippen molar-refractivity contribution in [3.05, 3.63) is 53.0 Å². The Kier molecular flexibility index (Phi) is 4.88. The fourth-order valence-corrected chi connectivity index (χ4v) is 3.09. The average molecular weight is 336 g/mol. The zero-order valence-electron chi connectivity index (χ0n) is 12.4. The maximum Gasteiger partial charge on any atom is 0.252 e. The Balaban J connectivity index is 0.00000176. The minimum absolute atomic E-state index is 0. The Hall–Kier alpha value is -1.85. The third-order valence-corrected chi connectivity index (χ3v) is 4.04. The lowest BCUT2D eigenvalue weighted by molar-refractivity contribution is -0.111. The first-order valence-electron chi connectivity index (χ1n) is 6.82. The van der Waals surface area contributed by atoms with E-state index in [9.17, 15) is 4.79 Å². The third-order valence-electron chi connectivity index (χ3n) is 3.35. The second-order valence-corrected chi connectivity index (χ2v) is 6.62. The van der Waals surface area contributed by atoms with Crippen molar-refractivity contribution in [3.8, 4) is 0 Å². The molecular weight excluding hydrogens is 318 g/mol. The van der Waals surface area contributed by atoms with Crippen molar-refractivity contribution in [3.63, 3.8) is 0 Å². The Morgan fingerprint density at radius 1 is 1.41 bits per heavy atom. The van der Waals surface area contributed by atoms with Gasteiger partial charge in [0, 0.05) is 34.5 Å². The van der Waals surface area contributed by atoms with Crippen molar-refractivity contribution in [1.82, 2.24) is 10.3 Å². The van der Waals surface area contributed by atoms with Crippen LogP contribution in [-0.4, -0.2) is 16.4 Å². The first kappa shape index (κ1) is 16.5. The number of aromatic nitrogens is 1. The van der Waals surface area contributed by atoms with Gasteiger partial charge in [0.1, 0.15) is 0 Å². The van der Waals surface area contributed by atoms with Crippen molar-refractivity contribution in [1.29, 1.82) is 0 Å². The number of nitrogens with zero attached hydrogens (tertiary/aromatic N) is 1. The van der Waals surface area contributed by atoms with Crippen LogP contribution in [0.3, 0.4) is 0 Å². The lowest BCUT2D eigenvalue weighted by Crippen LogP contribution is -2.44. The first-order chi connectivity index (χ1) is 10.0. The highest BCUT2D eigenvalue weighted by molar-refractivity contribution is 7.13. The zero-order chi connectivity index (χ0) is 14.9.